The lowest BCUT2D eigenvalue weighted by molar-refractivity contribution is -0.118. The van der Waals surface area contributed by atoms with Crippen LogP contribution in [0.15, 0.2) is 59.9 Å². The van der Waals surface area contributed by atoms with Gasteiger partial charge in [-0.1, -0.05) is 25.1 Å². The van der Waals surface area contributed by atoms with E-state index in [-0.39, 0.29) is 35.2 Å². The highest BCUT2D eigenvalue weighted by atomic mass is 16.5. The van der Waals surface area contributed by atoms with E-state index in [2.05, 4.69) is 0 Å². The second-order valence-corrected chi connectivity index (χ2v) is 7.21. The van der Waals surface area contributed by atoms with Crippen molar-refractivity contribution in [1.82, 2.24) is 0 Å². The van der Waals surface area contributed by atoms with Crippen LogP contribution in [-0.2, 0) is 14.3 Å². The number of carbonyl (C=O) groups is 3. The molecule has 3 rings (SSSR count). The fourth-order valence-corrected chi connectivity index (χ4v) is 3.38. The number of phenolic OH excluding ortho intramolecular Hbond substituents is 1. The molecular formula is C23H23NO6. The molecule has 0 aromatic heterocycles. The molecule has 7 heteroatoms. The normalized spacial score (nSPS) is 16.3. The van der Waals surface area contributed by atoms with Crippen LogP contribution in [0.1, 0.15) is 49.2 Å². The number of ketones is 1. The van der Waals surface area contributed by atoms with E-state index < -0.39 is 23.7 Å². The molecule has 0 saturated heterocycles. The highest BCUT2D eigenvalue weighted by molar-refractivity contribution is 6.16. The zero-order valence-corrected chi connectivity index (χ0v) is 17.0. The Balaban J connectivity index is 2.11. The smallest absolute Gasteiger partial charge is 0.338 e. The van der Waals surface area contributed by atoms with Gasteiger partial charge in [0.15, 0.2) is 11.5 Å². The molecule has 2 aromatic carbocycles. The van der Waals surface area contributed by atoms with Crippen LogP contribution in [0.5, 0.6) is 5.75 Å². The van der Waals surface area contributed by atoms with Crippen molar-refractivity contribution in [3.63, 3.8) is 0 Å². The molecule has 0 radical (unpaired) electrons. The molecule has 0 saturated carbocycles. The standard InChI is InChI=1S/C23H23NO6/c1-4-18(26)19-20(14-8-10-17(25)11-9-14)24(22(28)21(19)27)16-7-5-6-15(12-16)23(29)30-13(2)3/h5-13,20,25,27H,4H2,1-3H3. The Hall–Kier alpha value is -3.61. The third-order valence-electron chi connectivity index (χ3n) is 4.74. The van der Waals surface area contributed by atoms with Crippen molar-refractivity contribution in [2.24, 2.45) is 0 Å². The zero-order valence-electron chi connectivity index (χ0n) is 17.0. The van der Waals surface area contributed by atoms with Crippen LogP contribution in [0.2, 0.25) is 0 Å². The molecule has 0 spiro atoms. The van der Waals surface area contributed by atoms with E-state index in [0.29, 0.717) is 11.3 Å². The molecular weight excluding hydrogens is 386 g/mol. The highest BCUT2D eigenvalue weighted by Crippen LogP contribution is 2.41. The number of aliphatic hydroxyl groups is 1. The van der Waals surface area contributed by atoms with E-state index >= 15 is 0 Å². The summed E-state index contributed by atoms with van der Waals surface area (Å²) < 4.78 is 5.22. The van der Waals surface area contributed by atoms with Gasteiger partial charge in [-0.05, 0) is 49.7 Å². The molecule has 30 heavy (non-hydrogen) atoms. The van der Waals surface area contributed by atoms with Crippen molar-refractivity contribution in [1.29, 1.82) is 0 Å². The van der Waals surface area contributed by atoms with Crippen LogP contribution < -0.4 is 4.90 Å². The lowest BCUT2D eigenvalue weighted by Gasteiger charge is -2.27. The summed E-state index contributed by atoms with van der Waals surface area (Å²) in [5, 5.41) is 20.1. The van der Waals surface area contributed by atoms with Gasteiger partial charge in [-0.3, -0.25) is 14.5 Å². The van der Waals surface area contributed by atoms with E-state index in [1.54, 1.807) is 51.1 Å². The summed E-state index contributed by atoms with van der Waals surface area (Å²) >= 11 is 0. The van der Waals surface area contributed by atoms with Crippen molar-refractivity contribution >= 4 is 23.3 Å². The summed E-state index contributed by atoms with van der Waals surface area (Å²) in [7, 11) is 0. The van der Waals surface area contributed by atoms with E-state index in [1.165, 1.54) is 23.1 Å². The van der Waals surface area contributed by atoms with Gasteiger partial charge in [-0.15, -0.1) is 0 Å². The predicted molar refractivity (Wildman–Crippen MR) is 110 cm³/mol. The van der Waals surface area contributed by atoms with E-state index in [1.807, 2.05) is 0 Å². The molecule has 0 bridgehead atoms. The van der Waals surface area contributed by atoms with Gasteiger partial charge in [0.2, 0.25) is 0 Å². The number of hydrogen-bond acceptors (Lipinski definition) is 6. The molecule has 2 N–H and O–H groups in total. The summed E-state index contributed by atoms with van der Waals surface area (Å²) in [5.41, 5.74) is 1.11. The van der Waals surface area contributed by atoms with Crippen molar-refractivity contribution in [3.05, 3.63) is 71.0 Å². The van der Waals surface area contributed by atoms with Crippen LogP contribution in [0, 0.1) is 0 Å². The molecule has 7 nitrogen and oxygen atoms in total. The lowest BCUT2D eigenvalue weighted by Crippen LogP contribution is -2.31. The van der Waals surface area contributed by atoms with Crippen LogP contribution in [0.25, 0.3) is 0 Å². The van der Waals surface area contributed by atoms with Gasteiger partial charge >= 0.3 is 5.97 Å². The second-order valence-electron chi connectivity index (χ2n) is 7.21. The Bertz CT molecular complexity index is 1020. The Morgan fingerprint density at radius 3 is 2.37 bits per heavy atom. The van der Waals surface area contributed by atoms with E-state index in [9.17, 15) is 24.6 Å². The minimum Gasteiger partial charge on any atom is -0.508 e. The minimum atomic E-state index is -0.887. The molecule has 1 unspecified atom stereocenters. The maximum absolute atomic E-state index is 12.9. The number of esters is 1. The number of Topliss-reactive ketones (excluding diaryl/α,β-unsaturated/α-hetero) is 1. The average Bonchev–Trinajstić information content (AvgIpc) is 2.98. The fourth-order valence-electron chi connectivity index (χ4n) is 3.38. The number of phenols is 1. The third-order valence-corrected chi connectivity index (χ3v) is 4.74. The number of nitrogens with zero attached hydrogens (tertiary/aromatic N) is 1. The van der Waals surface area contributed by atoms with Crippen LogP contribution in [0.3, 0.4) is 0 Å². The number of anilines is 1. The lowest BCUT2D eigenvalue weighted by atomic mass is 9.94. The van der Waals surface area contributed by atoms with Gasteiger partial charge in [0, 0.05) is 12.1 Å². The van der Waals surface area contributed by atoms with Crippen molar-refractivity contribution in [2.75, 3.05) is 4.90 Å². The third kappa shape index (κ3) is 3.91. The SMILES string of the molecule is CCC(=O)C1=C(O)C(=O)N(c2cccc(C(=O)OC(C)C)c2)C1c1ccc(O)cc1. The molecule has 0 aliphatic carbocycles. The Morgan fingerprint density at radius 2 is 1.77 bits per heavy atom. The van der Waals surface area contributed by atoms with Gasteiger partial charge < -0.3 is 14.9 Å². The number of aliphatic hydroxyl groups excluding tert-OH is 1. The van der Waals surface area contributed by atoms with Crippen molar-refractivity contribution in [3.8, 4) is 5.75 Å². The van der Waals surface area contributed by atoms with Gasteiger partial charge in [0.1, 0.15) is 5.75 Å². The van der Waals surface area contributed by atoms with E-state index in [4.69, 9.17) is 4.74 Å². The molecule has 156 valence electrons. The fraction of sp³-hybridized carbons (Fsp3) is 0.261. The number of ether oxygens (including phenoxy) is 1. The molecule has 1 aliphatic rings. The first kappa shape index (κ1) is 21.1. The van der Waals surface area contributed by atoms with Crippen LogP contribution >= 0.6 is 0 Å². The second kappa shape index (κ2) is 8.41. The molecule has 1 amide bonds. The van der Waals surface area contributed by atoms with Gasteiger partial charge in [-0.25, -0.2) is 4.79 Å². The van der Waals surface area contributed by atoms with Crippen LogP contribution in [-0.4, -0.2) is 34.0 Å². The number of carbonyl (C=O) groups excluding carboxylic acids is 3. The van der Waals surface area contributed by atoms with E-state index in [0.717, 1.165) is 0 Å². The van der Waals surface area contributed by atoms with Gasteiger partial charge in [0.25, 0.3) is 5.91 Å². The Labute approximate surface area is 174 Å². The largest absolute Gasteiger partial charge is 0.508 e. The average molecular weight is 409 g/mol. The van der Waals surface area contributed by atoms with Gasteiger partial charge in [-0.2, -0.15) is 0 Å². The van der Waals surface area contributed by atoms with Crippen molar-refractivity contribution in [2.45, 2.75) is 39.3 Å². The molecule has 2 aromatic rings. The number of benzene rings is 2. The topological polar surface area (TPSA) is 104 Å². The monoisotopic (exact) mass is 409 g/mol. The number of amides is 1. The molecule has 0 fully saturated rings. The Kier molecular flexibility index (Phi) is 5.91. The molecule has 1 atom stereocenters. The summed E-state index contributed by atoms with van der Waals surface area (Å²) in [6.45, 7) is 5.11. The van der Waals surface area contributed by atoms with Gasteiger partial charge in [0.05, 0.1) is 23.3 Å². The maximum Gasteiger partial charge on any atom is 0.338 e. The summed E-state index contributed by atoms with van der Waals surface area (Å²) in [5.74, 6) is -2.22. The van der Waals surface area contributed by atoms with Crippen LogP contribution in [0.4, 0.5) is 5.69 Å². The number of rotatable bonds is 6. The molecule has 1 heterocycles. The minimum absolute atomic E-state index is 0.0108. The first-order valence-corrected chi connectivity index (χ1v) is 9.64. The quantitative estimate of drug-likeness (QED) is 0.703. The molecule has 1 aliphatic heterocycles. The predicted octanol–water partition coefficient (Wildman–Crippen LogP) is 3.84. The first-order valence-electron chi connectivity index (χ1n) is 9.64. The summed E-state index contributed by atoms with van der Waals surface area (Å²) in [4.78, 5) is 39.1. The Morgan fingerprint density at radius 1 is 1.10 bits per heavy atom. The first-order chi connectivity index (χ1) is 14.2. The highest BCUT2D eigenvalue weighted by Gasteiger charge is 2.44. The summed E-state index contributed by atoms with van der Waals surface area (Å²) in [6, 6.07) is 11.4. The summed E-state index contributed by atoms with van der Waals surface area (Å²) in [6.07, 6.45) is -0.200. The number of hydrogen-bond donors (Lipinski definition) is 2. The van der Waals surface area contributed by atoms with Crippen molar-refractivity contribution < 1.29 is 29.3 Å². The maximum atomic E-state index is 12.9. The number of aromatic hydroxyl groups is 1. The zero-order chi connectivity index (χ0) is 22.0.